The van der Waals surface area contributed by atoms with E-state index >= 15 is 0 Å². The fourth-order valence-corrected chi connectivity index (χ4v) is 6.00. The van der Waals surface area contributed by atoms with Crippen molar-refractivity contribution in [1.29, 1.82) is 0 Å². The van der Waals surface area contributed by atoms with E-state index in [1.165, 1.54) is 5.56 Å². The minimum Gasteiger partial charge on any atom is -0.492 e. The Bertz CT molecular complexity index is 1030. The lowest BCUT2D eigenvalue weighted by molar-refractivity contribution is -0.129. The molecule has 0 spiro atoms. The first-order valence-electron chi connectivity index (χ1n) is 13.9. The number of carbonyl (C=O) groups is 2. The summed E-state index contributed by atoms with van der Waals surface area (Å²) in [7, 11) is -1.93. The van der Waals surface area contributed by atoms with Crippen LogP contribution in [0.5, 0.6) is 5.75 Å². The van der Waals surface area contributed by atoms with Crippen LogP contribution in [0.3, 0.4) is 0 Å². The topological polar surface area (TPSA) is 65.1 Å². The number of carbonyl (C=O) groups excluding carboxylic acids is 2. The van der Waals surface area contributed by atoms with Gasteiger partial charge in [-0.15, -0.1) is 0 Å². The maximum atomic E-state index is 12.7. The molecule has 2 aromatic carbocycles. The van der Waals surface area contributed by atoms with E-state index in [0.717, 1.165) is 25.7 Å². The van der Waals surface area contributed by atoms with Crippen LogP contribution in [0.25, 0.3) is 0 Å². The lowest BCUT2D eigenvalue weighted by atomic mass is 10.0. The first-order chi connectivity index (χ1) is 18.0. The van der Waals surface area contributed by atoms with Crippen molar-refractivity contribution in [3.63, 3.8) is 0 Å². The summed E-state index contributed by atoms with van der Waals surface area (Å²) in [5, 5.41) is 0.142. The number of esters is 1. The van der Waals surface area contributed by atoms with Crippen molar-refractivity contribution in [2.24, 2.45) is 0 Å². The summed E-state index contributed by atoms with van der Waals surface area (Å²) in [6, 6.07) is 17.7. The molecule has 1 aliphatic rings. The van der Waals surface area contributed by atoms with Gasteiger partial charge in [-0.1, -0.05) is 51.1 Å². The molecule has 2 atom stereocenters. The van der Waals surface area contributed by atoms with E-state index < -0.39 is 8.32 Å². The predicted octanol–water partition coefficient (Wildman–Crippen LogP) is 6.65. The van der Waals surface area contributed by atoms with Crippen LogP contribution in [0.2, 0.25) is 18.1 Å². The third-order valence-electron chi connectivity index (χ3n) is 7.81. The Kier molecular flexibility index (Phi) is 10.6. The maximum absolute atomic E-state index is 12.7. The number of rotatable bonds is 13. The Labute approximate surface area is 229 Å². The van der Waals surface area contributed by atoms with Gasteiger partial charge in [-0.2, -0.15) is 0 Å². The van der Waals surface area contributed by atoms with Gasteiger partial charge >= 0.3 is 5.97 Å². The molecule has 1 fully saturated rings. The lowest BCUT2D eigenvalue weighted by Gasteiger charge is -2.40. The van der Waals surface area contributed by atoms with Gasteiger partial charge in [0.15, 0.2) is 8.32 Å². The molecule has 0 N–H and O–H groups in total. The SMILES string of the molecule is CCOC(=O)c1ccc(OCCN2C(=O)CCC2CCC(Cc2ccccc2)O[Si](C)(C)C(C)(C)C)cc1. The van der Waals surface area contributed by atoms with Crippen LogP contribution in [0.15, 0.2) is 54.6 Å². The number of benzene rings is 2. The average molecular weight is 540 g/mol. The van der Waals surface area contributed by atoms with E-state index in [1.807, 2.05) is 11.0 Å². The minimum absolute atomic E-state index is 0.130. The molecule has 0 aliphatic carbocycles. The Morgan fingerprint density at radius 3 is 2.39 bits per heavy atom. The number of nitrogens with zero attached hydrogens (tertiary/aromatic N) is 1. The Morgan fingerprint density at radius 1 is 1.08 bits per heavy atom. The van der Waals surface area contributed by atoms with E-state index in [9.17, 15) is 9.59 Å². The average Bonchev–Trinajstić information content (AvgIpc) is 3.22. The second kappa shape index (κ2) is 13.4. The van der Waals surface area contributed by atoms with Crippen LogP contribution < -0.4 is 4.74 Å². The molecule has 0 saturated carbocycles. The molecule has 2 aromatic rings. The van der Waals surface area contributed by atoms with Gasteiger partial charge in [0.05, 0.1) is 18.7 Å². The zero-order valence-electron chi connectivity index (χ0n) is 24.0. The summed E-state index contributed by atoms with van der Waals surface area (Å²) in [5.74, 6) is 0.529. The van der Waals surface area contributed by atoms with Crippen molar-refractivity contribution in [1.82, 2.24) is 4.90 Å². The number of hydrogen-bond acceptors (Lipinski definition) is 5. The summed E-state index contributed by atoms with van der Waals surface area (Å²) in [6.45, 7) is 14.6. The highest BCUT2D eigenvalue weighted by Crippen LogP contribution is 2.38. The van der Waals surface area contributed by atoms with Crippen LogP contribution >= 0.6 is 0 Å². The van der Waals surface area contributed by atoms with Crippen LogP contribution in [0, 0.1) is 0 Å². The van der Waals surface area contributed by atoms with E-state index in [2.05, 4.69) is 58.1 Å². The van der Waals surface area contributed by atoms with Crippen molar-refractivity contribution in [3.05, 3.63) is 65.7 Å². The summed E-state index contributed by atoms with van der Waals surface area (Å²) in [4.78, 5) is 26.5. The fourth-order valence-electron chi connectivity index (χ4n) is 4.62. The molecule has 1 amide bonds. The number of ether oxygens (including phenoxy) is 2. The maximum Gasteiger partial charge on any atom is 0.338 e. The lowest BCUT2D eigenvalue weighted by Crippen LogP contribution is -2.45. The number of hydrogen-bond donors (Lipinski definition) is 0. The minimum atomic E-state index is -1.93. The predicted molar refractivity (Wildman–Crippen MR) is 154 cm³/mol. The molecule has 0 aromatic heterocycles. The zero-order chi connectivity index (χ0) is 27.8. The highest BCUT2D eigenvalue weighted by Gasteiger charge is 2.39. The summed E-state index contributed by atoms with van der Waals surface area (Å²) in [6.07, 6.45) is 4.33. The van der Waals surface area contributed by atoms with E-state index in [-0.39, 0.29) is 29.1 Å². The third-order valence-corrected chi connectivity index (χ3v) is 12.3. The second-order valence-corrected chi connectivity index (χ2v) is 16.4. The van der Waals surface area contributed by atoms with Crippen molar-refractivity contribution >= 4 is 20.2 Å². The van der Waals surface area contributed by atoms with Gasteiger partial charge in [0.25, 0.3) is 0 Å². The number of likely N-dealkylation sites (tertiary alicyclic amines) is 1. The molecule has 3 rings (SSSR count). The standard InChI is InChI=1S/C31H45NO5Si/c1-7-35-30(34)25-13-17-27(18-14-25)36-22-21-32-26(16-20-29(32)33)15-19-28(23-24-11-9-8-10-12-24)37-38(5,6)31(2,3)4/h8-14,17-18,26,28H,7,15-16,19-23H2,1-6H3. The van der Waals surface area contributed by atoms with Gasteiger partial charge in [0.2, 0.25) is 5.91 Å². The van der Waals surface area contributed by atoms with Gasteiger partial charge in [-0.25, -0.2) is 4.79 Å². The monoisotopic (exact) mass is 539 g/mol. The van der Waals surface area contributed by atoms with Crippen molar-refractivity contribution in [3.8, 4) is 5.75 Å². The molecule has 7 heteroatoms. The van der Waals surface area contributed by atoms with Gasteiger partial charge in [-0.3, -0.25) is 4.79 Å². The van der Waals surface area contributed by atoms with Gasteiger partial charge in [0, 0.05) is 18.6 Å². The van der Waals surface area contributed by atoms with Crippen LogP contribution in [-0.2, 0) is 20.4 Å². The van der Waals surface area contributed by atoms with E-state index in [0.29, 0.717) is 37.5 Å². The third kappa shape index (κ3) is 8.43. The molecule has 1 heterocycles. The molecule has 2 unspecified atom stereocenters. The molecule has 0 radical (unpaired) electrons. The Hall–Kier alpha value is -2.64. The van der Waals surface area contributed by atoms with Gasteiger partial charge < -0.3 is 18.8 Å². The summed E-state index contributed by atoms with van der Waals surface area (Å²) in [5.41, 5.74) is 1.79. The second-order valence-electron chi connectivity index (χ2n) is 11.6. The molecule has 6 nitrogen and oxygen atoms in total. The van der Waals surface area contributed by atoms with Crippen molar-refractivity contribution in [2.45, 2.75) is 90.1 Å². The molecule has 1 saturated heterocycles. The van der Waals surface area contributed by atoms with Crippen molar-refractivity contribution in [2.75, 3.05) is 19.8 Å². The molecule has 1 aliphatic heterocycles. The van der Waals surface area contributed by atoms with Crippen molar-refractivity contribution < 1.29 is 23.5 Å². The smallest absolute Gasteiger partial charge is 0.338 e. The molecule has 208 valence electrons. The molecule has 0 bridgehead atoms. The Morgan fingerprint density at radius 2 is 1.76 bits per heavy atom. The van der Waals surface area contributed by atoms with Gasteiger partial charge in [0.1, 0.15) is 12.4 Å². The molecule has 38 heavy (non-hydrogen) atoms. The summed E-state index contributed by atoms with van der Waals surface area (Å²) >= 11 is 0. The molecular formula is C31H45NO5Si. The normalized spacial score (nSPS) is 16.9. The molecular weight excluding hydrogens is 494 g/mol. The van der Waals surface area contributed by atoms with Crippen LogP contribution in [0.1, 0.15) is 69.3 Å². The number of amides is 1. The largest absolute Gasteiger partial charge is 0.492 e. The van der Waals surface area contributed by atoms with Gasteiger partial charge in [-0.05, 0) is 80.6 Å². The highest BCUT2D eigenvalue weighted by molar-refractivity contribution is 6.74. The quantitative estimate of drug-likeness (QED) is 0.211. The highest BCUT2D eigenvalue weighted by atomic mass is 28.4. The fraction of sp³-hybridized carbons (Fsp3) is 0.548. The van der Waals surface area contributed by atoms with Crippen LogP contribution in [0.4, 0.5) is 0 Å². The van der Waals surface area contributed by atoms with E-state index in [4.69, 9.17) is 13.9 Å². The van der Waals surface area contributed by atoms with E-state index in [1.54, 1.807) is 31.2 Å². The first-order valence-corrected chi connectivity index (χ1v) is 16.8. The Balaban J connectivity index is 1.57. The summed E-state index contributed by atoms with van der Waals surface area (Å²) < 4.78 is 17.8. The van der Waals surface area contributed by atoms with Crippen LogP contribution in [-0.4, -0.2) is 57.0 Å². The zero-order valence-corrected chi connectivity index (χ0v) is 25.0. The first kappa shape index (κ1) is 29.9.